The molecule has 13 rings (SSSR count). The first-order valence-corrected chi connectivity index (χ1v) is 20.3. The molecule has 58 heavy (non-hydrogen) atoms. The average Bonchev–Trinajstić information content (AvgIpc) is 3.29. The molecule has 0 spiro atoms. The lowest BCUT2D eigenvalue weighted by molar-refractivity contribution is 1.59. The van der Waals surface area contributed by atoms with Crippen LogP contribution in [-0.4, -0.2) is 0 Å². The molecule has 0 aromatic heterocycles. The van der Waals surface area contributed by atoms with E-state index in [2.05, 4.69) is 206 Å². The summed E-state index contributed by atoms with van der Waals surface area (Å²) in [6.45, 7) is 0. The minimum atomic E-state index is 1.21. The lowest BCUT2D eigenvalue weighted by Gasteiger charge is -2.22. The first kappa shape index (κ1) is 31.6. The van der Waals surface area contributed by atoms with Gasteiger partial charge in [-0.1, -0.05) is 200 Å². The summed E-state index contributed by atoms with van der Waals surface area (Å²) in [5, 5.41) is 20.7. The molecule has 0 radical (unpaired) electrons. The molecule has 0 heterocycles. The zero-order chi connectivity index (χ0) is 37.9. The summed E-state index contributed by atoms with van der Waals surface area (Å²) in [6, 6.07) is 77.3. The summed E-state index contributed by atoms with van der Waals surface area (Å²) in [6.07, 6.45) is 0. The fourth-order valence-corrected chi connectivity index (χ4v) is 10.4. The Labute approximate surface area is 335 Å². The van der Waals surface area contributed by atoms with Gasteiger partial charge in [0.1, 0.15) is 0 Å². The van der Waals surface area contributed by atoms with Crippen LogP contribution in [0.15, 0.2) is 206 Å². The molecule has 0 heteroatoms. The molecule has 13 aromatic carbocycles. The van der Waals surface area contributed by atoms with Crippen molar-refractivity contribution in [3.8, 4) is 44.5 Å². The fraction of sp³-hybridized carbons (Fsp3) is 0. The van der Waals surface area contributed by atoms with E-state index in [0.717, 1.165) is 0 Å². The first-order valence-electron chi connectivity index (χ1n) is 20.3. The van der Waals surface area contributed by atoms with Crippen molar-refractivity contribution >= 4 is 86.2 Å². The van der Waals surface area contributed by atoms with E-state index >= 15 is 0 Å². The molecular formula is C58H34. The molecule has 0 unspecified atom stereocenters. The highest BCUT2D eigenvalue weighted by Gasteiger charge is 2.22. The van der Waals surface area contributed by atoms with Crippen LogP contribution in [-0.2, 0) is 0 Å². The van der Waals surface area contributed by atoms with Crippen LogP contribution in [0.1, 0.15) is 0 Å². The Hall–Kier alpha value is -7.54. The number of rotatable bonds is 4. The number of hydrogen-bond donors (Lipinski definition) is 0. The number of hydrogen-bond acceptors (Lipinski definition) is 0. The van der Waals surface area contributed by atoms with Crippen molar-refractivity contribution in [1.82, 2.24) is 0 Å². The molecule has 0 aliphatic carbocycles. The molecule has 0 aliphatic rings. The molecular weight excluding hydrogens is 697 g/mol. The van der Waals surface area contributed by atoms with E-state index in [9.17, 15) is 0 Å². The predicted molar refractivity (Wildman–Crippen MR) is 251 cm³/mol. The van der Waals surface area contributed by atoms with E-state index in [-0.39, 0.29) is 0 Å². The molecule has 0 bridgehead atoms. The van der Waals surface area contributed by atoms with Crippen LogP contribution in [0.5, 0.6) is 0 Å². The van der Waals surface area contributed by atoms with Gasteiger partial charge in [-0.15, -0.1) is 0 Å². The zero-order valence-corrected chi connectivity index (χ0v) is 31.6. The maximum atomic E-state index is 2.48. The van der Waals surface area contributed by atoms with Gasteiger partial charge in [-0.25, -0.2) is 0 Å². The SMILES string of the molecule is c1ccc(-c2ccccc2-c2ccc3c(-c4ccc5ccc6cccc7ccc4c5c67)c4ccccc4c(-c4ccc5ccc6cccc7ccc4c5c67)c3c2)cc1. The smallest absolute Gasteiger partial charge is 0.00199 e. The van der Waals surface area contributed by atoms with Gasteiger partial charge in [0.2, 0.25) is 0 Å². The summed E-state index contributed by atoms with van der Waals surface area (Å²) < 4.78 is 0. The van der Waals surface area contributed by atoms with Crippen LogP contribution in [0.3, 0.4) is 0 Å². The molecule has 0 fully saturated rings. The lowest BCUT2D eigenvalue weighted by Crippen LogP contribution is -1.95. The highest BCUT2D eigenvalue weighted by molar-refractivity contribution is 6.32. The van der Waals surface area contributed by atoms with Crippen LogP contribution in [0.4, 0.5) is 0 Å². The fourth-order valence-electron chi connectivity index (χ4n) is 10.4. The van der Waals surface area contributed by atoms with Crippen LogP contribution in [0, 0.1) is 0 Å². The van der Waals surface area contributed by atoms with Gasteiger partial charge in [0.05, 0.1) is 0 Å². The van der Waals surface area contributed by atoms with Gasteiger partial charge in [0, 0.05) is 0 Å². The standard InChI is InChI=1S/C58H34/c1-2-10-35(11-3-1)43-16-4-5-17-44(43)42-28-33-51-52(34-42)58(50-32-27-41-23-21-37-13-9-15-39-25-30-48(50)56(41)54(37)39)46-19-7-6-18-45(46)57(51)49-31-26-40-22-20-36-12-8-14-38-24-29-47(49)55(40)53(36)38/h1-34H. The largest absolute Gasteiger partial charge is 0.0622 e. The van der Waals surface area contributed by atoms with E-state index in [1.807, 2.05) is 0 Å². The summed E-state index contributed by atoms with van der Waals surface area (Å²) in [4.78, 5) is 0. The first-order chi connectivity index (χ1) is 28.8. The average molecular weight is 731 g/mol. The maximum absolute atomic E-state index is 2.48. The van der Waals surface area contributed by atoms with E-state index in [0.29, 0.717) is 0 Å². The Kier molecular flexibility index (Phi) is 6.54. The molecule has 0 amide bonds. The molecule has 0 aliphatic heterocycles. The summed E-state index contributed by atoms with van der Waals surface area (Å²) >= 11 is 0. The topological polar surface area (TPSA) is 0 Å². The molecule has 0 N–H and O–H groups in total. The van der Waals surface area contributed by atoms with Gasteiger partial charge in [-0.2, -0.15) is 0 Å². The van der Waals surface area contributed by atoms with Crippen molar-refractivity contribution in [3.05, 3.63) is 206 Å². The van der Waals surface area contributed by atoms with Gasteiger partial charge < -0.3 is 0 Å². The van der Waals surface area contributed by atoms with Crippen LogP contribution in [0.2, 0.25) is 0 Å². The van der Waals surface area contributed by atoms with Gasteiger partial charge in [0.15, 0.2) is 0 Å². The van der Waals surface area contributed by atoms with Crippen molar-refractivity contribution in [2.24, 2.45) is 0 Å². The minimum absolute atomic E-state index is 1.21. The molecule has 0 saturated heterocycles. The Morgan fingerprint density at radius 1 is 0.190 bits per heavy atom. The second kappa shape index (κ2) is 12.0. The van der Waals surface area contributed by atoms with E-state index in [1.54, 1.807) is 0 Å². The van der Waals surface area contributed by atoms with Crippen molar-refractivity contribution in [2.45, 2.75) is 0 Å². The second-order valence-corrected chi connectivity index (χ2v) is 15.9. The Bertz CT molecular complexity index is 3740. The maximum Gasteiger partial charge on any atom is -0.00199 e. The summed E-state index contributed by atoms with van der Waals surface area (Å²) in [5.41, 5.74) is 10.0. The third-order valence-electron chi connectivity index (χ3n) is 12.9. The molecule has 13 aromatic rings. The Morgan fingerprint density at radius 2 is 0.586 bits per heavy atom. The summed E-state index contributed by atoms with van der Waals surface area (Å²) in [5.74, 6) is 0. The van der Waals surface area contributed by atoms with Gasteiger partial charge >= 0.3 is 0 Å². The molecule has 0 saturated carbocycles. The second-order valence-electron chi connectivity index (χ2n) is 15.9. The van der Waals surface area contributed by atoms with Crippen molar-refractivity contribution in [1.29, 1.82) is 0 Å². The lowest BCUT2D eigenvalue weighted by atomic mass is 9.81. The number of benzene rings is 13. The van der Waals surface area contributed by atoms with Crippen LogP contribution in [0.25, 0.3) is 131 Å². The van der Waals surface area contributed by atoms with Crippen molar-refractivity contribution in [3.63, 3.8) is 0 Å². The summed E-state index contributed by atoms with van der Waals surface area (Å²) in [7, 11) is 0. The monoisotopic (exact) mass is 730 g/mol. The quantitative estimate of drug-likeness (QED) is 0.125. The predicted octanol–water partition coefficient (Wildman–Crippen LogP) is 16.5. The van der Waals surface area contributed by atoms with Gasteiger partial charge in [-0.05, 0) is 137 Å². The van der Waals surface area contributed by atoms with Crippen LogP contribution < -0.4 is 0 Å². The molecule has 0 nitrogen and oxygen atoms in total. The van der Waals surface area contributed by atoms with Crippen molar-refractivity contribution in [2.75, 3.05) is 0 Å². The van der Waals surface area contributed by atoms with E-state index in [1.165, 1.54) is 131 Å². The molecule has 266 valence electrons. The van der Waals surface area contributed by atoms with Gasteiger partial charge in [-0.3, -0.25) is 0 Å². The van der Waals surface area contributed by atoms with Gasteiger partial charge in [0.25, 0.3) is 0 Å². The van der Waals surface area contributed by atoms with Crippen molar-refractivity contribution < 1.29 is 0 Å². The minimum Gasteiger partial charge on any atom is -0.0622 e. The Morgan fingerprint density at radius 3 is 1.14 bits per heavy atom. The highest BCUT2D eigenvalue weighted by Crippen LogP contribution is 2.50. The highest BCUT2D eigenvalue weighted by atomic mass is 14.3. The normalized spacial score (nSPS) is 12.1. The van der Waals surface area contributed by atoms with E-state index < -0.39 is 0 Å². The van der Waals surface area contributed by atoms with Crippen LogP contribution >= 0.6 is 0 Å². The Balaban J connectivity index is 1.19. The third kappa shape index (κ3) is 4.40. The third-order valence-corrected chi connectivity index (χ3v) is 12.9. The van der Waals surface area contributed by atoms with E-state index in [4.69, 9.17) is 0 Å². The zero-order valence-electron chi connectivity index (χ0n) is 31.6. The number of fused-ring (bicyclic) bond motifs is 2. The molecule has 0 atom stereocenters.